The maximum Gasteiger partial charge on any atom is 0.293 e. The minimum absolute atomic E-state index is 0.160. The quantitative estimate of drug-likeness (QED) is 0.730. The van der Waals surface area contributed by atoms with Crippen molar-refractivity contribution in [1.82, 2.24) is 10.9 Å². The van der Waals surface area contributed by atoms with Crippen LogP contribution < -0.4 is 15.8 Å². The second-order valence-electron chi connectivity index (χ2n) is 5.66. The fourth-order valence-corrected chi connectivity index (χ4v) is 3.91. The highest BCUT2D eigenvalue weighted by Gasteiger charge is 2.32. The van der Waals surface area contributed by atoms with Crippen molar-refractivity contribution in [2.75, 3.05) is 13.1 Å². The van der Waals surface area contributed by atoms with Crippen LogP contribution in [0.2, 0.25) is 0 Å². The predicted molar refractivity (Wildman–Crippen MR) is 89.0 cm³/mol. The normalized spacial score (nSPS) is 20.2. The molecule has 1 aromatic carbocycles. The van der Waals surface area contributed by atoms with Crippen LogP contribution in [0.1, 0.15) is 34.1 Å². The van der Waals surface area contributed by atoms with Crippen molar-refractivity contribution < 1.29 is 14.5 Å². The molecular formula is C17H20N3O2S+. The van der Waals surface area contributed by atoms with Gasteiger partial charge in [-0.3, -0.25) is 20.4 Å². The van der Waals surface area contributed by atoms with Crippen LogP contribution in [0.3, 0.4) is 0 Å². The van der Waals surface area contributed by atoms with Crippen LogP contribution in [0.5, 0.6) is 0 Å². The minimum atomic E-state index is -0.301. The first kappa shape index (κ1) is 15.7. The van der Waals surface area contributed by atoms with Gasteiger partial charge in [0.15, 0.2) is 6.54 Å². The molecule has 3 rings (SSSR count). The smallest absolute Gasteiger partial charge is 0.293 e. The number of likely N-dealkylation sites (tertiary alicyclic amines) is 1. The second-order valence-corrected chi connectivity index (χ2v) is 6.64. The van der Waals surface area contributed by atoms with Gasteiger partial charge in [-0.25, -0.2) is 0 Å². The van der Waals surface area contributed by atoms with Crippen molar-refractivity contribution in [3.63, 3.8) is 0 Å². The summed E-state index contributed by atoms with van der Waals surface area (Å²) in [6.07, 6.45) is 2.24. The Labute approximate surface area is 139 Å². The lowest BCUT2D eigenvalue weighted by Gasteiger charge is -2.20. The maximum absolute atomic E-state index is 12.1. The number of hydrogen-bond donors (Lipinski definition) is 3. The molecule has 0 spiro atoms. The molecule has 0 aliphatic carbocycles. The van der Waals surface area contributed by atoms with Gasteiger partial charge in [0.2, 0.25) is 0 Å². The average molecular weight is 330 g/mol. The van der Waals surface area contributed by atoms with E-state index in [0.29, 0.717) is 18.2 Å². The van der Waals surface area contributed by atoms with Gasteiger partial charge in [0.05, 0.1) is 11.4 Å². The van der Waals surface area contributed by atoms with E-state index >= 15 is 0 Å². The molecule has 0 saturated carbocycles. The summed E-state index contributed by atoms with van der Waals surface area (Å²) in [5, 5.41) is 2.07. The maximum atomic E-state index is 12.1. The van der Waals surface area contributed by atoms with E-state index in [1.54, 1.807) is 35.6 Å². The van der Waals surface area contributed by atoms with Crippen molar-refractivity contribution >= 4 is 23.2 Å². The highest BCUT2D eigenvalue weighted by molar-refractivity contribution is 7.10. The molecule has 2 atom stereocenters. The molecule has 1 fully saturated rings. The van der Waals surface area contributed by atoms with Crippen LogP contribution in [-0.2, 0) is 4.79 Å². The Morgan fingerprint density at radius 2 is 1.96 bits per heavy atom. The second kappa shape index (κ2) is 7.39. The van der Waals surface area contributed by atoms with Gasteiger partial charge >= 0.3 is 0 Å². The van der Waals surface area contributed by atoms with Gasteiger partial charge in [-0.2, -0.15) is 0 Å². The van der Waals surface area contributed by atoms with Crippen molar-refractivity contribution in [2.24, 2.45) is 0 Å². The molecule has 120 valence electrons. The Morgan fingerprint density at radius 1 is 1.13 bits per heavy atom. The van der Waals surface area contributed by atoms with Gasteiger partial charge in [0.1, 0.15) is 6.04 Å². The number of quaternary nitrogens is 1. The Balaban J connectivity index is 1.50. The van der Waals surface area contributed by atoms with Gasteiger partial charge in [0, 0.05) is 18.4 Å². The fraction of sp³-hybridized carbons (Fsp3) is 0.294. The van der Waals surface area contributed by atoms with Crippen LogP contribution in [0.15, 0.2) is 47.8 Å². The molecule has 1 aliphatic heterocycles. The standard InChI is InChI=1S/C17H19N3O2S/c21-16(18-19-17(22)13-6-2-1-3-7-13)12-20-10-4-8-14(20)15-9-5-11-23-15/h1-3,5-7,9,11,14H,4,8,10,12H2,(H,18,21)(H,19,22)/p+1/t14-/m0/s1. The molecule has 23 heavy (non-hydrogen) atoms. The zero-order valence-corrected chi connectivity index (χ0v) is 13.6. The lowest BCUT2D eigenvalue weighted by molar-refractivity contribution is -0.910. The van der Waals surface area contributed by atoms with E-state index in [1.807, 2.05) is 6.07 Å². The summed E-state index contributed by atoms with van der Waals surface area (Å²) in [4.78, 5) is 26.6. The molecule has 5 nitrogen and oxygen atoms in total. The lowest BCUT2D eigenvalue weighted by Crippen LogP contribution is -3.11. The molecule has 1 unspecified atom stereocenters. The Bertz CT molecular complexity index is 658. The number of nitrogens with one attached hydrogen (secondary N) is 3. The molecule has 0 bridgehead atoms. The number of hydrogen-bond acceptors (Lipinski definition) is 3. The molecule has 2 aromatic rings. The first-order valence-corrected chi connectivity index (χ1v) is 8.64. The topological polar surface area (TPSA) is 62.6 Å². The zero-order chi connectivity index (χ0) is 16.1. The summed E-state index contributed by atoms with van der Waals surface area (Å²) in [6.45, 7) is 1.36. The van der Waals surface area contributed by atoms with Crippen LogP contribution >= 0.6 is 11.3 Å². The van der Waals surface area contributed by atoms with E-state index in [4.69, 9.17) is 0 Å². The predicted octanol–water partition coefficient (Wildman–Crippen LogP) is 0.929. The molecule has 6 heteroatoms. The molecule has 1 aromatic heterocycles. The third kappa shape index (κ3) is 3.97. The van der Waals surface area contributed by atoms with Crippen LogP contribution in [0.4, 0.5) is 0 Å². The fourth-order valence-electron chi connectivity index (χ4n) is 2.99. The van der Waals surface area contributed by atoms with Gasteiger partial charge in [-0.1, -0.05) is 24.3 Å². The summed E-state index contributed by atoms with van der Waals surface area (Å²) in [7, 11) is 0. The number of rotatable bonds is 4. The molecule has 1 saturated heterocycles. The zero-order valence-electron chi connectivity index (χ0n) is 12.7. The molecule has 3 N–H and O–H groups in total. The summed E-state index contributed by atoms with van der Waals surface area (Å²) in [6, 6.07) is 13.4. The summed E-state index contributed by atoms with van der Waals surface area (Å²) < 4.78 is 0. The third-order valence-electron chi connectivity index (χ3n) is 4.11. The first-order valence-electron chi connectivity index (χ1n) is 7.76. The van der Waals surface area contributed by atoms with E-state index in [1.165, 1.54) is 9.78 Å². The largest absolute Gasteiger partial charge is 0.320 e. The third-order valence-corrected chi connectivity index (χ3v) is 5.10. The van der Waals surface area contributed by atoms with Crippen LogP contribution in [0.25, 0.3) is 0 Å². The summed E-state index contributed by atoms with van der Waals surface area (Å²) >= 11 is 1.74. The average Bonchev–Trinajstić information content (AvgIpc) is 3.24. The van der Waals surface area contributed by atoms with Crippen molar-refractivity contribution in [1.29, 1.82) is 0 Å². The van der Waals surface area contributed by atoms with Crippen molar-refractivity contribution in [3.8, 4) is 0 Å². The summed E-state index contributed by atoms with van der Waals surface area (Å²) in [5.41, 5.74) is 5.52. The van der Waals surface area contributed by atoms with Gasteiger partial charge in [0.25, 0.3) is 11.8 Å². The molecule has 2 heterocycles. The first-order chi connectivity index (χ1) is 11.2. The monoisotopic (exact) mass is 330 g/mol. The van der Waals surface area contributed by atoms with Gasteiger partial charge in [-0.15, -0.1) is 11.3 Å². The lowest BCUT2D eigenvalue weighted by atomic mass is 10.2. The van der Waals surface area contributed by atoms with Gasteiger partial charge < -0.3 is 4.90 Å². The Kier molecular flexibility index (Phi) is 5.05. The molecule has 2 amide bonds. The van der Waals surface area contributed by atoms with E-state index in [-0.39, 0.29) is 11.8 Å². The Morgan fingerprint density at radius 3 is 2.70 bits per heavy atom. The number of thiophene rings is 1. The molecule has 1 aliphatic rings. The van der Waals surface area contributed by atoms with Crippen LogP contribution in [0, 0.1) is 0 Å². The molecular weight excluding hydrogens is 310 g/mol. The van der Waals surface area contributed by atoms with E-state index < -0.39 is 0 Å². The number of carbonyl (C=O) groups excluding carboxylic acids is 2. The minimum Gasteiger partial charge on any atom is -0.320 e. The van der Waals surface area contributed by atoms with Crippen molar-refractivity contribution in [3.05, 3.63) is 58.3 Å². The highest BCUT2D eigenvalue weighted by atomic mass is 32.1. The SMILES string of the molecule is O=C(C[NH+]1CCC[C@H]1c1cccs1)NNC(=O)c1ccccc1. The number of benzene rings is 1. The van der Waals surface area contributed by atoms with E-state index in [0.717, 1.165) is 19.4 Å². The van der Waals surface area contributed by atoms with Crippen LogP contribution in [-0.4, -0.2) is 24.9 Å². The number of hydrazine groups is 1. The van der Waals surface area contributed by atoms with Gasteiger partial charge in [-0.05, 0) is 23.6 Å². The number of carbonyl (C=O) groups is 2. The summed E-state index contributed by atoms with van der Waals surface area (Å²) in [5.74, 6) is -0.460. The molecule has 0 radical (unpaired) electrons. The van der Waals surface area contributed by atoms with E-state index in [9.17, 15) is 9.59 Å². The van der Waals surface area contributed by atoms with E-state index in [2.05, 4.69) is 28.4 Å². The van der Waals surface area contributed by atoms with Crippen molar-refractivity contribution in [2.45, 2.75) is 18.9 Å². The highest BCUT2D eigenvalue weighted by Crippen LogP contribution is 2.23. The number of amides is 2. The Hall–Kier alpha value is -2.18.